The number of aryl methyl sites for hydroxylation is 1. The Kier molecular flexibility index (Phi) is 5.64. The van der Waals surface area contributed by atoms with Crippen LogP contribution >= 0.6 is 27.7 Å². The van der Waals surface area contributed by atoms with Gasteiger partial charge in [-0.2, -0.15) is 0 Å². The van der Waals surface area contributed by atoms with E-state index in [9.17, 15) is 4.39 Å². The Hall–Kier alpha value is -0.840. The fourth-order valence-corrected chi connectivity index (χ4v) is 3.27. The van der Waals surface area contributed by atoms with Gasteiger partial charge < -0.3 is 5.32 Å². The summed E-state index contributed by atoms with van der Waals surface area (Å²) in [5.41, 5.74) is 1.81. The monoisotopic (exact) mass is 353 g/mol. The largest absolute Gasteiger partial charge is 0.312 e. The lowest BCUT2D eigenvalue weighted by molar-refractivity contribution is 0.565. The molecule has 1 unspecified atom stereocenters. The van der Waals surface area contributed by atoms with E-state index in [1.807, 2.05) is 32.2 Å². The van der Waals surface area contributed by atoms with E-state index in [-0.39, 0.29) is 11.9 Å². The zero-order valence-corrected chi connectivity index (χ0v) is 13.9. The summed E-state index contributed by atoms with van der Waals surface area (Å²) in [7, 11) is 1.87. The molecule has 2 aromatic rings. The van der Waals surface area contributed by atoms with Crippen LogP contribution in [0.15, 0.2) is 51.8 Å². The predicted octanol–water partition coefficient (Wildman–Crippen LogP) is 4.95. The molecule has 4 heteroatoms. The molecular weight excluding hydrogens is 337 g/mol. The van der Waals surface area contributed by atoms with E-state index in [0.717, 1.165) is 21.4 Å². The highest BCUT2D eigenvalue weighted by atomic mass is 79.9. The first kappa shape index (κ1) is 15.5. The number of rotatable bonds is 5. The van der Waals surface area contributed by atoms with Crippen molar-refractivity contribution in [1.82, 2.24) is 5.32 Å². The van der Waals surface area contributed by atoms with Gasteiger partial charge in [-0.05, 0) is 44.3 Å². The molecular formula is C16H17BrFNS. The molecule has 0 radical (unpaired) electrons. The van der Waals surface area contributed by atoms with Crippen LogP contribution in [0, 0.1) is 12.7 Å². The Morgan fingerprint density at radius 3 is 2.55 bits per heavy atom. The molecule has 0 saturated carbocycles. The first-order valence-electron chi connectivity index (χ1n) is 6.42. The van der Waals surface area contributed by atoms with Crippen molar-refractivity contribution in [1.29, 1.82) is 0 Å². The van der Waals surface area contributed by atoms with Crippen LogP contribution in [-0.2, 0) is 0 Å². The van der Waals surface area contributed by atoms with Crippen molar-refractivity contribution < 1.29 is 4.39 Å². The fraction of sp³-hybridized carbons (Fsp3) is 0.250. The molecule has 0 amide bonds. The lowest BCUT2D eigenvalue weighted by Gasteiger charge is -2.17. The summed E-state index contributed by atoms with van der Waals surface area (Å²) >= 11 is 5.14. The van der Waals surface area contributed by atoms with Crippen LogP contribution < -0.4 is 5.32 Å². The molecule has 20 heavy (non-hydrogen) atoms. The van der Waals surface area contributed by atoms with Gasteiger partial charge in [-0.1, -0.05) is 33.6 Å². The molecule has 106 valence electrons. The van der Waals surface area contributed by atoms with Gasteiger partial charge in [0.2, 0.25) is 0 Å². The minimum atomic E-state index is -0.147. The van der Waals surface area contributed by atoms with Crippen LogP contribution in [0.3, 0.4) is 0 Å². The molecule has 0 spiro atoms. The highest BCUT2D eigenvalue weighted by Gasteiger charge is 2.14. The smallest absolute Gasteiger partial charge is 0.128 e. The van der Waals surface area contributed by atoms with E-state index in [2.05, 4.69) is 33.4 Å². The topological polar surface area (TPSA) is 12.0 Å². The maximum atomic E-state index is 13.9. The second-order valence-corrected chi connectivity index (χ2v) is 6.64. The SMILES string of the molecule is CNC(CSc1ccc(Br)cc1)c1cc(C)ccc1F. The van der Waals surface area contributed by atoms with E-state index >= 15 is 0 Å². The third kappa shape index (κ3) is 4.08. The Morgan fingerprint density at radius 2 is 1.90 bits per heavy atom. The predicted molar refractivity (Wildman–Crippen MR) is 87.8 cm³/mol. The third-order valence-corrected chi connectivity index (χ3v) is 4.74. The van der Waals surface area contributed by atoms with Gasteiger partial charge in [0, 0.05) is 26.7 Å². The highest BCUT2D eigenvalue weighted by molar-refractivity contribution is 9.10. The molecule has 2 aromatic carbocycles. The quantitative estimate of drug-likeness (QED) is 0.763. The molecule has 0 aromatic heterocycles. The molecule has 0 aliphatic rings. The van der Waals surface area contributed by atoms with Crippen LogP contribution in [0.25, 0.3) is 0 Å². The van der Waals surface area contributed by atoms with Gasteiger partial charge in [0.25, 0.3) is 0 Å². The molecule has 0 heterocycles. The molecule has 0 aliphatic carbocycles. The molecule has 0 aliphatic heterocycles. The Bertz CT molecular complexity index is 571. The van der Waals surface area contributed by atoms with Crippen LogP contribution in [0.5, 0.6) is 0 Å². The maximum absolute atomic E-state index is 13.9. The van der Waals surface area contributed by atoms with Crippen molar-refractivity contribution in [3.63, 3.8) is 0 Å². The molecule has 0 bridgehead atoms. The van der Waals surface area contributed by atoms with Crippen molar-refractivity contribution in [3.8, 4) is 0 Å². The fourth-order valence-electron chi connectivity index (χ4n) is 1.97. The zero-order valence-electron chi connectivity index (χ0n) is 11.5. The number of halogens is 2. The van der Waals surface area contributed by atoms with Crippen LogP contribution in [-0.4, -0.2) is 12.8 Å². The van der Waals surface area contributed by atoms with Gasteiger partial charge in [-0.3, -0.25) is 0 Å². The first-order chi connectivity index (χ1) is 9.60. The normalized spacial score (nSPS) is 12.4. The summed E-state index contributed by atoms with van der Waals surface area (Å²) < 4.78 is 15.0. The van der Waals surface area contributed by atoms with Crippen LogP contribution in [0.2, 0.25) is 0 Å². The number of benzene rings is 2. The number of thioether (sulfide) groups is 1. The Labute approximate surface area is 132 Å². The summed E-state index contributed by atoms with van der Waals surface area (Å²) in [6.45, 7) is 1.98. The first-order valence-corrected chi connectivity index (χ1v) is 8.19. The summed E-state index contributed by atoms with van der Waals surface area (Å²) in [4.78, 5) is 1.18. The van der Waals surface area contributed by atoms with Gasteiger partial charge >= 0.3 is 0 Å². The van der Waals surface area contributed by atoms with E-state index in [4.69, 9.17) is 0 Å². The summed E-state index contributed by atoms with van der Waals surface area (Å²) in [5.74, 6) is 0.643. The molecule has 2 rings (SSSR count). The molecule has 1 atom stereocenters. The van der Waals surface area contributed by atoms with Gasteiger partial charge in [-0.25, -0.2) is 4.39 Å². The van der Waals surface area contributed by atoms with Gasteiger partial charge in [0.05, 0.1) is 0 Å². The van der Waals surface area contributed by atoms with Gasteiger partial charge in [0.1, 0.15) is 5.82 Å². The number of hydrogen-bond donors (Lipinski definition) is 1. The van der Waals surface area contributed by atoms with E-state index in [1.165, 1.54) is 4.90 Å². The van der Waals surface area contributed by atoms with Crippen molar-refractivity contribution in [2.24, 2.45) is 0 Å². The maximum Gasteiger partial charge on any atom is 0.128 e. The van der Waals surface area contributed by atoms with E-state index in [0.29, 0.717) is 0 Å². The molecule has 0 saturated heterocycles. The molecule has 0 fully saturated rings. The van der Waals surface area contributed by atoms with Crippen LogP contribution in [0.1, 0.15) is 17.2 Å². The van der Waals surface area contributed by atoms with Crippen molar-refractivity contribution in [2.75, 3.05) is 12.8 Å². The minimum absolute atomic E-state index is 0.00328. The third-order valence-electron chi connectivity index (χ3n) is 3.11. The summed E-state index contributed by atoms with van der Waals surface area (Å²) in [6.07, 6.45) is 0. The minimum Gasteiger partial charge on any atom is -0.312 e. The van der Waals surface area contributed by atoms with Crippen molar-refractivity contribution in [2.45, 2.75) is 17.9 Å². The Balaban J connectivity index is 2.09. The molecule has 1 nitrogen and oxygen atoms in total. The summed E-state index contributed by atoms with van der Waals surface area (Å²) in [6, 6.07) is 13.4. The van der Waals surface area contributed by atoms with E-state index in [1.54, 1.807) is 23.9 Å². The second kappa shape index (κ2) is 7.25. The van der Waals surface area contributed by atoms with Gasteiger partial charge in [0.15, 0.2) is 0 Å². The van der Waals surface area contributed by atoms with Gasteiger partial charge in [-0.15, -0.1) is 11.8 Å². The van der Waals surface area contributed by atoms with Crippen molar-refractivity contribution >= 4 is 27.7 Å². The van der Waals surface area contributed by atoms with Crippen molar-refractivity contribution in [3.05, 3.63) is 63.9 Å². The average Bonchev–Trinajstić information content (AvgIpc) is 2.45. The summed E-state index contributed by atoms with van der Waals surface area (Å²) in [5, 5.41) is 3.20. The lowest BCUT2D eigenvalue weighted by atomic mass is 10.1. The molecule has 1 N–H and O–H groups in total. The highest BCUT2D eigenvalue weighted by Crippen LogP contribution is 2.27. The zero-order chi connectivity index (χ0) is 14.5. The standard InChI is InChI=1S/C16H17BrFNS/c1-11-3-8-15(18)14(9-11)16(19-2)10-20-13-6-4-12(17)5-7-13/h3-9,16,19H,10H2,1-2H3. The lowest BCUT2D eigenvalue weighted by Crippen LogP contribution is -2.20. The van der Waals surface area contributed by atoms with E-state index < -0.39 is 0 Å². The van der Waals surface area contributed by atoms with Crippen LogP contribution in [0.4, 0.5) is 4.39 Å². The second-order valence-electron chi connectivity index (χ2n) is 4.63. The Morgan fingerprint density at radius 1 is 1.20 bits per heavy atom. The average molecular weight is 354 g/mol. The number of nitrogens with one attached hydrogen (secondary N) is 1. The number of hydrogen-bond acceptors (Lipinski definition) is 2.